The summed E-state index contributed by atoms with van der Waals surface area (Å²) in [6, 6.07) is 29.6. The summed E-state index contributed by atoms with van der Waals surface area (Å²) < 4.78 is 1.29. The van der Waals surface area contributed by atoms with Crippen LogP contribution in [0.3, 0.4) is 0 Å². The van der Waals surface area contributed by atoms with Gasteiger partial charge < -0.3 is 0 Å². The molecule has 0 N–H and O–H groups in total. The largest absolute Gasteiger partial charge is 0.0743 e. The molecule has 0 heterocycles. The summed E-state index contributed by atoms with van der Waals surface area (Å²) in [6.45, 7) is 32.8. The topological polar surface area (TPSA) is 0 Å². The molecule has 1 radical (unpaired) electrons. The Morgan fingerprint density at radius 1 is 0.464 bits per heavy atom. The van der Waals surface area contributed by atoms with Crippen molar-refractivity contribution in [3.05, 3.63) is 128 Å². The summed E-state index contributed by atoms with van der Waals surface area (Å²) in [5.41, 5.74) is 21.8. The maximum absolute atomic E-state index is 2.70. The summed E-state index contributed by atoms with van der Waals surface area (Å²) >= 11 is -1.00. The van der Waals surface area contributed by atoms with Crippen LogP contribution in [-0.4, -0.2) is 9.52 Å². The first kappa shape index (κ1) is 41.6. The molecule has 4 aromatic rings. The molecule has 0 aromatic heterocycles. The molecule has 2 heteroatoms. The molecule has 0 amide bonds. The van der Waals surface area contributed by atoms with Gasteiger partial charge in [-0.2, -0.15) is 0 Å². The van der Waals surface area contributed by atoms with Gasteiger partial charge in [-0.05, 0) is 0 Å². The molecular weight excluding hydrogens is 768 g/mol. The zero-order valence-electron chi connectivity index (χ0n) is 37.3. The van der Waals surface area contributed by atoms with Gasteiger partial charge in [-0.1, -0.05) is 13.1 Å². The summed E-state index contributed by atoms with van der Waals surface area (Å²) in [4.78, 5) is 0. The van der Waals surface area contributed by atoms with E-state index >= 15 is 0 Å². The monoisotopic (exact) mass is 835 g/mol. The van der Waals surface area contributed by atoms with E-state index in [1.54, 1.807) is 22.3 Å². The second-order valence-corrected chi connectivity index (χ2v) is 26.5. The summed E-state index contributed by atoms with van der Waals surface area (Å²) in [5.74, 6) is 1.56. The summed E-state index contributed by atoms with van der Waals surface area (Å²) in [5, 5.41) is 0. The molecule has 2 fully saturated rings. The maximum atomic E-state index is 2.70. The van der Waals surface area contributed by atoms with Gasteiger partial charge in [0.05, 0.1) is 0 Å². The van der Waals surface area contributed by atoms with Crippen LogP contribution in [0.5, 0.6) is 0 Å². The molecule has 2 unspecified atom stereocenters. The van der Waals surface area contributed by atoms with E-state index < -0.39 is 23.2 Å². The van der Waals surface area contributed by atoms with Crippen LogP contribution in [0, 0.1) is 11.8 Å². The zero-order chi connectivity index (χ0) is 40.5. The third-order valence-electron chi connectivity index (χ3n) is 12.6. The van der Waals surface area contributed by atoms with E-state index in [1.807, 2.05) is 0 Å². The fourth-order valence-electron chi connectivity index (χ4n) is 8.73. The van der Waals surface area contributed by atoms with Crippen molar-refractivity contribution >= 4 is 21.7 Å². The number of hydrogen-bond donors (Lipinski definition) is 0. The van der Waals surface area contributed by atoms with Crippen LogP contribution in [0.4, 0.5) is 0 Å². The summed E-state index contributed by atoms with van der Waals surface area (Å²) in [7, 11) is 0.750. The Labute approximate surface area is 355 Å². The fraction of sp³-hybridized carbons (Fsp3) is 0.481. The van der Waals surface area contributed by atoms with Crippen molar-refractivity contribution in [2.24, 2.45) is 11.8 Å². The molecule has 4 aromatic carbocycles. The second-order valence-electron chi connectivity index (χ2n) is 21.7. The predicted molar refractivity (Wildman–Crippen MR) is 244 cm³/mol. The van der Waals surface area contributed by atoms with Gasteiger partial charge in [0.1, 0.15) is 0 Å². The van der Waals surface area contributed by atoms with E-state index in [2.05, 4.69) is 181 Å². The molecule has 0 saturated heterocycles. The van der Waals surface area contributed by atoms with Gasteiger partial charge in [-0.3, -0.25) is 0 Å². The average molecular weight is 837 g/mol. The van der Waals surface area contributed by atoms with Crippen molar-refractivity contribution in [1.82, 2.24) is 0 Å². The zero-order valence-corrected chi connectivity index (χ0v) is 40.9. The van der Waals surface area contributed by atoms with Crippen LogP contribution in [0.25, 0.3) is 34.4 Å². The second kappa shape index (κ2) is 15.2. The minimum Gasteiger partial charge on any atom is -0.0743 e. The number of fused-ring (bicyclic) bond motifs is 2. The van der Waals surface area contributed by atoms with E-state index in [-0.39, 0.29) is 21.7 Å². The van der Waals surface area contributed by atoms with Gasteiger partial charge in [-0.25, -0.2) is 0 Å². The Hall–Kier alpha value is -2.54. The van der Waals surface area contributed by atoms with Gasteiger partial charge in [0.2, 0.25) is 0 Å². The molecule has 0 aliphatic heterocycles. The Bertz CT molecular complexity index is 1960. The van der Waals surface area contributed by atoms with Crippen molar-refractivity contribution in [3.63, 3.8) is 0 Å². The smallest absolute Gasteiger partial charge is 0.0213 e. The molecule has 4 aliphatic rings. The Morgan fingerprint density at radius 2 is 0.768 bits per heavy atom. The first-order valence-corrected chi connectivity index (χ1v) is 26.9. The van der Waals surface area contributed by atoms with Gasteiger partial charge >= 0.3 is 336 Å². The van der Waals surface area contributed by atoms with E-state index in [9.17, 15) is 0 Å². The summed E-state index contributed by atoms with van der Waals surface area (Å²) in [6.07, 6.45) is 10.9. The van der Waals surface area contributed by atoms with Crippen LogP contribution in [0.1, 0.15) is 161 Å². The third kappa shape index (κ3) is 8.60. The standard InChI is InChI=1S/2C26H31.C2H7Si.Zr/c2*1-25(2,3)21-13-20(14-22(16-21)26(4,5)6)23-9-7-8-18-12-19(15-24(18)23)17-10-11-17;1-3-2;/h2*7-9,12-17H,10-11H2,1-6H3;3H,1-2H3;. The molecule has 2 saturated carbocycles. The molecule has 56 heavy (non-hydrogen) atoms. The van der Waals surface area contributed by atoms with Gasteiger partial charge in [0.15, 0.2) is 0 Å². The molecule has 0 spiro atoms. The third-order valence-corrected chi connectivity index (χ3v) is 17.4. The number of allylic oxidation sites excluding steroid dienone is 2. The van der Waals surface area contributed by atoms with Crippen molar-refractivity contribution in [1.29, 1.82) is 0 Å². The van der Waals surface area contributed by atoms with Crippen LogP contribution >= 0.6 is 0 Å². The van der Waals surface area contributed by atoms with E-state index in [0.717, 1.165) is 21.4 Å². The number of hydrogen-bond acceptors (Lipinski definition) is 0. The number of benzene rings is 4. The Balaban J connectivity index is 0.00000155. The van der Waals surface area contributed by atoms with E-state index in [0.29, 0.717) is 7.25 Å². The molecule has 0 nitrogen and oxygen atoms in total. The van der Waals surface area contributed by atoms with Gasteiger partial charge in [0.25, 0.3) is 0 Å². The minimum absolute atomic E-state index is 0.0998. The van der Waals surface area contributed by atoms with Crippen molar-refractivity contribution in [2.45, 2.75) is 151 Å². The quantitative estimate of drug-likeness (QED) is 0.170. The van der Waals surface area contributed by atoms with Crippen molar-refractivity contribution < 1.29 is 23.2 Å². The Kier molecular flexibility index (Phi) is 11.3. The fourth-order valence-corrected chi connectivity index (χ4v) is 14.2. The molecular formula is C54H69SiZr. The van der Waals surface area contributed by atoms with Crippen LogP contribution < -0.4 is 0 Å². The van der Waals surface area contributed by atoms with Crippen LogP contribution in [-0.2, 0) is 44.9 Å². The molecule has 4 aliphatic carbocycles. The normalized spacial score (nSPS) is 19.5. The van der Waals surface area contributed by atoms with Crippen molar-refractivity contribution in [3.8, 4) is 22.3 Å². The predicted octanol–water partition coefficient (Wildman–Crippen LogP) is 15.2. The molecule has 0 bridgehead atoms. The van der Waals surface area contributed by atoms with Gasteiger partial charge in [-0.15, -0.1) is 0 Å². The minimum atomic E-state index is -1.00. The van der Waals surface area contributed by atoms with E-state index in [1.165, 1.54) is 81.3 Å². The van der Waals surface area contributed by atoms with Crippen LogP contribution in [0.15, 0.2) is 83.9 Å². The SMILES string of the molecule is CC(C)(C)c1cc(-c2cccc3c2C=C(C2CC2)[CH]3[Zr][CH]2C(C3CC3)=Cc3c(-c4cc(C(C)(C)C)cc(C(C)(C)C)c4)cccc32)cc(C(C)(C)C)c1.C[SiH]C. The first-order chi connectivity index (χ1) is 26.2. The number of rotatable bonds is 6. The van der Waals surface area contributed by atoms with Crippen LogP contribution in [0.2, 0.25) is 13.1 Å². The molecule has 2 atom stereocenters. The maximum Gasteiger partial charge on any atom is 0.0213 e. The van der Waals surface area contributed by atoms with Gasteiger partial charge in [0, 0.05) is 9.52 Å². The molecule has 8 rings (SSSR count). The average Bonchev–Trinajstić information content (AvgIpc) is 4.06. The van der Waals surface area contributed by atoms with E-state index in [4.69, 9.17) is 0 Å². The molecule has 293 valence electrons. The Morgan fingerprint density at radius 3 is 1.04 bits per heavy atom. The first-order valence-electron chi connectivity index (χ1n) is 21.7. The van der Waals surface area contributed by atoms with Crippen molar-refractivity contribution in [2.75, 3.05) is 0 Å².